The number of hydrogen-bond acceptors (Lipinski definition) is 4. The lowest BCUT2D eigenvalue weighted by Gasteiger charge is -2.26. The summed E-state index contributed by atoms with van der Waals surface area (Å²) < 4.78 is 2.05. The zero-order valence-corrected chi connectivity index (χ0v) is 14.6. The minimum absolute atomic E-state index is 0.605. The third-order valence-electron chi connectivity index (χ3n) is 4.06. The Morgan fingerprint density at radius 1 is 1.30 bits per heavy atom. The second-order valence-corrected chi connectivity index (χ2v) is 6.72. The smallest absolute Gasteiger partial charge is 0.193 e. The van der Waals surface area contributed by atoms with Crippen molar-refractivity contribution in [2.45, 2.75) is 32.7 Å². The van der Waals surface area contributed by atoms with Gasteiger partial charge in [-0.2, -0.15) is 0 Å². The lowest BCUT2D eigenvalue weighted by molar-refractivity contribution is 0.232. The van der Waals surface area contributed by atoms with E-state index in [0.29, 0.717) is 6.54 Å². The summed E-state index contributed by atoms with van der Waals surface area (Å²) in [6.45, 7) is 8.06. The third kappa shape index (κ3) is 4.68. The van der Waals surface area contributed by atoms with Crippen LogP contribution in [-0.4, -0.2) is 53.0 Å². The van der Waals surface area contributed by atoms with Crippen molar-refractivity contribution in [1.82, 2.24) is 24.9 Å². The van der Waals surface area contributed by atoms with Gasteiger partial charge in [0.2, 0.25) is 0 Å². The standard InChI is InChI=1S/C16H26N6S/c1-2-17-15(18-6-9-21-7-4-3-5-8-21)19-12-14-13-22-10-11-23-16(22)20-14/h10-11,13H,2-9,12H2,1H3,(H2,17,18,19). The van der Waals surface area contributed by atoms with Crippen LogP contribution in [0, 0.1) is 0 Å². The first kappa shape index (κ1) is 16.3. The lowest BCUT2D eigenvalue weighted by Crippen LogP contribution is -2.42. The molecule has 1 aliphatic rings. The number of fused-ring (bicyclic) bond motifs is 1. The van der Waals surface area contributed by atoms with Crippen LogP contribution in [0.2, 0.25) is 0 Å². The summed E-state index contributed by atoms with van der Waals surface area (Å²) in [6.07, 6.45) is 8.14. The second kappa shape index (κ2) is 8.31. The highest BCUT2D eigenvalue weighted by molar-refractivity contribution is 7.15. The molecule has 2 N–H and O–H groups in total. The summed E-state index contributed by atoms with van der Waals surface area (Å²) in [4.78, 5) is 12.8. The Morgan fingerprint density at radius 3 is 2.96 bits per heavy atom. The van der Waals surface area contributed by atoms with E-state index in [-0.39, 0.29) is 0 Å². The highest BCUT2D eigenvalue weighted by Crippen LogP contribution is 2.11. The lowest BCUT2D eigenvalue weighted by atomic mass is 10.1. The Labute approximate surface area is 141 Å². The second-order valence-electron chi connectivity index (χ2n) is 5.85. The SMILES string of the molecule is CCNC(=NCc1cn2ccsc2n1)NCCN1CCCCC1. The average Bonchev–Trinajstić information content (AvgIpc) is 3.15. The predicted octanol–water partition coefficient (Wildman–Crippen LogP) is 1.94. The monoisotopic (exact) mass is 334 g/mol. The van der Waals surface area contributed by atoms with Crippen LogP contribution in [0.3, 0.4) is 0 Å². The Balaban J connectivity index is 1.49. The van der Waals surface area contributed by atoms with Gasteiger partial charge in [0, 0.05) is 37.4 Å². The number of piperidine rings is 1. The molecule has 0 aromatic carbocycles. The van der Waals surface area contributed by atoms with Gasteiger partial charge in [-0.1, -0.05) is 6.42 Å². The molecule has 1 saturated heterocycles. The molecule has 0 bridgehead atoms. The van der Waals surface area contributed by atoms with Crippen LogP contribution in [0.5, 0.6) is 0 Å². The van der Waals surface area contributed by atoms with Crippen molar-refractivity contribution in [3.63, 3.8) is 0 Å². The minimum Gasteiger partial charge on any atom is -0.357 e. The topological polar surface area (TPSA) is 57.0 Å². The van der Waals surface area contributed by atoms with Crippen molar-refractivity contribution < 1.29 is 0 Å². The van der Waals surface area contributed by atoms with Gasteiger partial charge in [0.25, 0.3) is 0 Å². The quantitative estimate of drug-likeness (QED) is 0.626. The molecule has 0 spiro atoms. The van der Waals surface area contributed by atoms with Crippen LogP contribution < -0.4 is 10.6 Å². The van der Waals surface area contributed by atoms with E-state index in [2.05, 4.69) is 32.4 Å². The number of hydrogen-bond donors (Lipinski definition) is 2. The molecule has 1 fully saturated rings. The van der Waals surface area contributed by atoms with Gasteiger partial charge in [-0.3, -0.25) is 4.40 Å². The van der Waals surface area contributed by atoms with E-state index in [0.717, 1.165) is 36.2 Å². The number of nitrogens with zero attached hydrogens (tertiary/aromatic N) is 4. The maximum absolute atomic E-state index is 4.65. The van der Waals surface area contributed by atoms with E-state index < -0.39 is 0 Å². The van der Waals surface area contributed by atoms with Gasteiger partial charge in [0.15, 0.2) is 10.9 Å². The molecule has 126 valence electrons. The van der Waals surface area contributed by atoms with Crippen molar-refractivity contribution in [3.05, 3.63) is 23.5 Å². The Morgan fingerprint density at radius 2 is 2.17 bits per heavy atom. The number of aromatic nitrogens is 2. The molecule has 0 atom stereocenters. The van der Waals surface area contributed by atoms with Gasteiger partial charge < -0.3 is 15.5 Å². The molecule has 0 aliphatic carbocycles. The Kier molecular flexibility index (Phi) is 5.87. The molecule has 1 aliphatic heterocycles. The summed E-state index contributed by atoms with van der Waals surface area (Å²) in [5.74, 6) is 0.876. The molecule has 7 heteroatoms. The predicted molar refractivity (Wildman–Crippen MR) is 96.2 cm³/mol. The summed E-state index contributed by atoms with van der Waals surface area (Å²) in [5.41, 5.74) is 1.00. The first-order valence-corrected chi connectivity index (χ1v) is 9.38. The molecular weight excluding hydrogens is 308 g/mol. The minimum atomic E-state index is 0.605. The molecule has 0 saturated carbocycles. The van der Waals surface area contributed by atoms with Crippen molar-refractivity contribution in [1.29, 1.82) is 0 Å². The van der Waals surface area contributed by atoms with Crippen molar-refractivity contribution in [2.75, 3.05) is 32.7 Å². The van der Waals surface area contributed by atoms with Gasteiger partial charge in [-0.15, -0.1) is 11.3 Å². The summed E-state index contributed by atoms with van der Waals surface area (Å²) in [5, 5.41) is 8.78. The molecular formula is C16H26N6S. The van der Waals surface area contributed by atoms with Gasteiger partial charge in [0.1, 0.15) is 0 Å². The molecule has 2 aromatic rings. The Hall–Kier alpha value is -1.60. The fourth-order valence-corrected chi connectivity index (χ4v) is 3.59. The normalized spacial score (nSPS) is 16.8. The highest BCUT2D eigenvalue weighted by atomic mass is 32.1. The van der Waals surface area contributed by atoms with Gasteiger partial charge in [0.05, 0.1) is 12.2 Å². The fourth-order valence-electron chi connectivity index (χ4n) is 2.87. The van der Waals surface area contributed by atoms with Crippen LogP contribution in [0.1, 0.15) is 31.9 Å². The van der Waals surface area contributed by atoms with E-state index >= 15 is 0 Å². The molecule has 0 radical (unpaired) electrons. The van der Waals surface area contributed by atoms with E-state index in [1.807, 2.05) is 22.2 Å². The van der Waals surface area contributed by atoms with Gasteiger partial charge >= 0.3 is 0 Å². The maximum Gasteiger partial charge on any atom is 0.193 e. The van der Waals surface area contributed by atoms with Crippen LogP contribution in [-0.2, 0) is 6.54 Å². The molecule has 3 heterocycles. The Bertz CT molecular complexity index is 597. The van der Waals surface area contributed by atoms with Gasteiger partial charge in [-0.25, -0.2) is 9.98 Å². The summed E-state index contributed by atoms with van der Waals surface area (Å²) in [7, 11) is 0. The van der Waals surface area contributed by atoms with Crippen LogP contribution in [0.25, 0.3) is 4.96 Å². The number of likely N-dealkylation sites (tertiary alicyclic amines) is 1. The van der Waals surface area contributed by atoms with Crippen LogP contribution in [0.15, 0.2) is 22.8 Å². The van der Waals surface area contributed by atoms with E-state index in [4.69, 9.17) is 0 Å². The van der Waals surface area contributed by atoms with Crippen LogP contribution in [0.4, 0.5) is 0 Å². The first-order valence-electron chi connectivity index (χ1n) is 8.51. The zero-order valence-electron chi connectivity index (χ0n) is 13.8. The van der Waals surface area contributed by atoms with Crippen molar-refractivity contribution in [2.24, 2.45) is 4.99 Å². The number of imidazole rings is 1. The van der Waals surface area contributed by atoms with Crippen molar-refractivity contribution >= 4 is 22.3 Å². The number of thiazole rings is 1. The number of aliphatic imine (C=N–C) groups is 1. The largest absolute Gasteiger partial charge is 0.357 e. The zero-order chi connectivity index (χ0) is 15.9. The molecule has 2 aromatic heterocycles. The highest BCUT2D eigenvalue weighted by Gasteiger charge is 2.09. The molecule has 0 amide bonds. The average molecular weight is 334 g/mol. The van der Waals surface area contributed by atoms with Gasteiger partial charge in [-0.05, 0) is 32.9 Å². The molecule has 6 nitrogen and oxygen atoms in total. The molecule has 23 heavy (non-hydrogen) atoms. The van der Waals surface area contributed by atoms with Crippen LogP contribution >= 0.6 is 11.3 Å². The number of rotatable bonds is 6. The number of nitrogens with one attached hydrogen (secondary N) is 2. The number of guanidine groups is 1. The maximum atomic E-state index is 4.65. The third-order valence-corrected chi connectivity index (χ3v) is 4.83. The van der Waals surface area contributed by atoms with E-state index in [1.54, 1.807) is 11.3 Å². The van der Waals surface area contributed by atoms with E-state index in [9.17, 15) is 0 Å². The summed E-state index contributed by atoms with van der Waals surface area (Å²) in [6, 6.07) is 0. The molecule has 3 rings (SSSR count). The van der Waals surface area contributed by atoms with Crippen molar-refractivity contribution in [3.8, 4) is 0 Å². The molecule has 0 unspecified atom stereocenters. The summed E-state index contributed by atoms with van der Waals surface area (Å²) >= 11 is 1.65. The first-order chi connectivity index (χ1) is 11.3. The van der Waals surface area contributed by atoms with E-state index in [1.165, 1.54) is 32.4 Å². The fraction of sp³-hybridized carbons (Fsp3) is 0.625.